The van der Waals surface area contributed by atoms with Crippen molar-refractivity contribution in [1.82, 2.24) is 20.4 Å². The molecule has 6 nitrogen and oxygen atoms in total. The summed E-state index contributed by atoms with van der Waals surface area (Å²) < 4.78 is 11.5. The van der Waals surface area contributed by atoms with Crippen LogP contribution in [0.4, 0.5) is 0 Å². The van der Waals surface area contributed by atoms with Crippen LogP contribution in [0.5, 0.6) is 0 Å². The van der Waals surface area contributed by atoms with Crippen LogP contribution in [0, 0.1) is 0 Å². The lowest BCUT2D eigenvalue weighted by atomic mass is 10.4. The molecule has 0 saturated heterocycles. The van der Waals surface area contributed by atoms with Crippen LogP contribution in [0.2, 0.25) is 0 Å². The molecule has 9 heteroatoms. The molecule has 0 amide bonds. The van der Waals surface area contributed by atoms with E-state index in [0.29, 0.717) is 23.6 Å². The van der Waals surface area contributed by atoms with Gasteiger partial charge in [0.2, 0.25) is 0 Å². The zero-order valence-corrected chi connectivity index (χ0v) is 14.9. The standard InChI is InChI=1S/C16H8N4O2S3/c1-3-9(23-7-1)13-17-19-15(21-13)11-5-6-12(25-11)16-20-18-14(22-16)10-4-2-8-24-10/h1-8H. The predicted octanol–water partition coefficient (Wildman–Crippen LogP) is 5.31. The largest absolute Gasteiger partial charge is 0.414 e. The van der Waals surface area contributed by atoms with Gasteiger partial charge in [0.1, 0.15) is 0 Å². The third-order valence-corrected chi connectivity index (χ3v) is 6.12. The predicted molar refractivity (Wildman–Crippen MR) is 97.5 cm³/mol. The summed E-state index contributed by atoms with van der Waals surface area (Å²) in [6.07, 6.45) is 0. The molecule has 122 valence electrons. The smallest absolute Gasteiger partial charge is 0.258 e. The lowest BCUT2D eigenvalue weighted by Crippen LogP contribution is -1.72. The van der Waals surface area contributed by atoms with Crippen molar-refractivity contribution in [3.63, 3.8) is 0 Å². The third kappa shape index (κ3) is 2.72. The van der Waals surface area contributed by atoms with Crippen LogP contribution in [0.25, 0.3) is 43.1 Å². The van der Waals surface area contributed by atoms with Crippen LogP contribution in [-0.4, -0.2) is 20.4 Å². The Balaban J connectivity index is 1.44. The molecular weight excluding hydrogens is 376 g/mol. The van der Waals surface area contributed by atoms with Gasteiger partial charge in [-0.05, 0) is 35.0 Å². The maximum atomic E-state index is 5.76. The van der Waals surface area contributed by atoms with E-state index in [4.69, 9.17) is 8.83 Å². The monoisotopic (exact) mass is 384 g/mol. The van der Waals surface area contributed by atoms with Gasteiger partial charge in [0, 0.05) is 0 Å². The lowest BCUT2D eigenvalue weighted by molar-refractivity contribution is 0.587. The van der Waals surface area contributed by atoms with Crippen LogP contribution >= 0.6 is 34.0 Å². The second-order valence-electron chi connectivity index (χ2n) is 4.94. The fourth-order valence-corrected chi connectivity index (χ4v) is 4.35. The highest BCUT2D eigenvalue weighted by molar-refractivity contribution is 7.18. The molecule has 5 rings (SSSR count). The van der Waals surface area contributed by atoms with E-state index in [1.54, 1.807) is 22.7 Å². The summed E-state index contributed by atoms with van der Waals surface area (Å²) in [6.45, 7) is 0. The van der Waals surface area contributed by atoms with E-state index in [-0.39, 0.29) is 0 Å². The lowest BCUT2D eigenvalue weighted by Gasteiger charge is -1.88. The average molecular weight is 384 g/mol. The third-order valence-electron chi connectivity index (χ3n) is 3.34. The molecule has 0 N–H and O–H groups in total. The van der Waals surface area contributed by atoms with E-state index in [1.807, 2.05) is 47.2 Å². The van der Waals surface area contributed by atoms with Crippen LogP contribution < -0.4 is 0 Å². The minimum absolute atomic E-state index is 0.484. The summed E-state index contributed by atoms with van der Waals surface area (Å²) in [7, 11) is 0. The molecule has 0 aliphatic rings. The highest BCUT2D eigenvalue weighted by Gasteiger charge is 2.17. The number of hydrogen-bond acceptors (Lipinski definition) is 9. The highest BCUT2D eigenvalue weighted by Crippen LogP contribution is 2.36. The quantitative estimate of drug-likeness (QED) is 0.418. The van der Waals surface area contributed by atoms with Crippen molar-refractivity contribution >= 4 is 34.0 Å². The van der Waals surface area contributed by atoms with Crippen molar-refractivity contribution in [3.8, 4) is 43.1 Å². The second kappa shape index (κ2) is 6.03. The number of rotatable bonds is 4. The highest BCUT2D eigenvalue weighted by atomic mass is 32.1. The maximum Gasteiger partial charge on any atom is 0.258 e. The minimum atomic E-state index is 0.484. The van der Waals surface area contributed by atoms with Crippen LogP contribution in [0.3, 0.4) is 0 Å². The molecule has 0 unspecified atom stereocenters. The Hall–Kier alpha value is -2.62. The van der Waals surface area contributed by atoms with Crippen LogP contribution in [0.15, 0.2) is 56.0 Å². The fourth-order valence-electron chi connectivity index (χ4n) is 2.21. The van der Waals surface area contributed by atoms with E-state index >= 15 is 0 Å². The Labute approximate surface area is 153 Å². The Bertz CT molecular complexity index is 1020. The Morgan fingerprint density at radius 1 is 0.560 bits per heavy atom. The topological polar surface area (TPSA) is 77.8 Å². The molecule has 0 aromatic carbocycles. The van der Waals surface area contributed by atoms with Gasteiger partial charge in [-0.15, -0.1) is 54.4 Å². The normalized spacial score (nSPS) is 11.2. The SMILES string of the molecule is c1csc(-c2nnc(-c3ccc(-c4nnc(-c5cccs5)o4)s3)o2)c1. The van der Waals surface area contributed by atoms with Crippen LogP contribution in [-0.2, 0) is 0 Å². The van der Waals surface area contributed by atoms with E-state index < -0.39 is 0 Å². The minimum Gasteiger partial charge on any atom is -0.414 e. The molecule has 5 aromatic heterocycles. The molecule has 0 atom stereocenters. The first-order chi connectivity index (χ1) is 12.4. The summed E-state index contributed by atoms with van der Waals surface area (Å²) in [4.78, 5) is 3.63. The van der Waals surface area contributed by atoms with Gasteiger partial charge in [-0.2, -0.15) is 0 Å². The molecule has 0 spiro atoms. The van der Waals surface area contributed by atoms with E-state index in [9.17, 15) is 0 Å². The molecule has 5 heterocycles. The number of thiophene rings is 3. The van der Waals surface area contributed by atoms with Gasteiger partial charge in [0.25, 0.3) is 23.6 Å². The van der Waals surface area contributed by atoms with Gasteiger partial charge in [0.05, 0.1) is 19.5 Å². The van der Waals surface area contributed by atoms with Gasteiger partial charge in [-0.25, -0.2) is 0 Å². The van der Waals surface area contributed by atoms with Gasteiger partial charge >= 0.3 is 0 Å². The number of hydrogen-bond donors (Lipinski definition) is 0. The molecule has 0 radical (unpaired) electrons. The van der Waals surface area contributed by atoms with Crippen molar-refractivity contribution < 1.29 is 8.83 Å². The van der Waals surface area contributed by atoms with Crippen molar-refractivity contribution in [3.05, 3.63) is 47.2 Å². The first kappa shape index (κ1) is 14.7. The van der Waals surface area contributed by atoms with E-state index in [1.165, 1.54) is 11.3 Å². The summed E-state index contributed by atoms with van der Waals surface area (Å²) in [6, 6.07) is 11.6. The number of nitrogens with zero attached hydrogens (tertiary/aromatic N) is 4. The van der Waals surface area contributed by atoms with Gasteiger partial charge in [-0.1, -0.05) is 12.1 Å². The van der Waals surface area contributed by atoms with E-state index in [2.05, 4.69) is 20.4 Å². The molecule has 25 heavy (non-hydrogen) atoms. The maximum absolute atomic E-state index is 5.76. The first-order valence-corrected chi connectivity index (χ1v) is 9.80. The van der Waals surface area contributed by atoms with Crippen molar-refractivity contribution in [2.24, 2.45) is 0 Å². The van der Waals surface area contributed by atoms with Gasteiger partial charge in [-0.3, -0.25) is 0 Å². The van der Waals surface area contributed by atoms with Crippen molar-refractivity contribution in [2.45, 2.75) is 0 Å². The zero-order chi connectivity index (χ0) is 16.6. The summed E-state index contributed by atoms with van der Waals surface area (Å²) in [5.41, 5.74) is 0. The van der Waals surface area contributed by atoms with Crippen LogP contribution in [0.1, 0.15) is 0 Å². The molecular formula is C16H8N4O2S3. The summed E-state index contributed by atoms with van der Waals surface area (Å²) in [5, 5.41) is 20.4. The number of aromatic nitrogens is 4. The summed E-state index contributed by atoms with van der Waals surface area (Å²) >= 11 is 4.60. The van der Waals surface area contributed by atoms with E-state index in [0.717, 1.165) is 19.5 Å². The van der Waals surface area contributed by atoms with Crippen molar-refractivity contribution in [1.29, 1.82) is 0 Å². The Morgan fingerprint density at radius 3 is 1.40 bits per heavy atom. The van der Waals surface area contributed by atoms with Gasteiger partial charge in [0.15, 0.2) is 0 Å². The second-order valence-corrected chi connectivity index (χ2v) is 7.92. The van der Waals surface area contributed by atoms with Gasteiger partial charge < -0.3 is 8.83 Å². The fraction of sp³-hybridized carbons (Fsp3) is 0. The molecule has 0 fully saturated rings. The molecule has 0 bridgehead atoms. The van der Waals surface area contributed by atoms with Crippen molar-refractivity contribution in [2.75, 3.05) is 0 Å². The molecule has 0 aliphatic carbocycles. The molecule has 5 aromatic rings. The Kier molecular flexibility index (Phi) is 3.54. The zero-order valence-electron chi connectivity index (χ0n) is 12.4. The Morgan fingerprint density at radius 2 is 1.00 bits per heavy atom. The first-order valence-electron chi connectivity index (χ1n) is 7.22. The molecule has 0 saturated carbocycles. The average Bonchev–Trinajstić information content (AvgIpc) is 3.48. The summed E-state index contributed by atoms with van der Waals surface area (Å²) in [5.74, 6) is 2.02. The molecule has 0 aliphatic heterocycles.